The first-order valence-electron chi connectivity index (χ1n) is 7.05. The fourth-order valence-electron chi connectivity index (χ4n) is 2.90. The number of nitrogens with one attached hydrogen (secondary N) is 1. The molecule has 0 spiro atoms. The molecule has 2 aliphatic heterocycles. The van der Waals surface area contributed by atoms with Crippen LogP contribution in [0.3, 0.4) is 0 Å². The number of hydrogen-bond donors (Lipinski definition) is 1. The van der Waals surface area contributed by atoms with Crippen LogP contribution in [0.4, 0.5) is 0 Å². The molecule has 108 valence electrons. The summed E-state index contributed by atoms with van der Waals surface area (Å²) in [7, 11) is 0. The van der Waals surface area contributed by atoms with Gasteiger partial charge in [0.25, 0.3) is 0 Å². The Kier molecular flexibility index (Phi) is 3.60. The van der Waals surface area contributed by atoms with Crippen molar-refractivity contribution in [1.82, 2.24) is 10.2 Å². The lowest BCUT2D eigenvalue weighted by Gasteiger charge is -2.44. The second-order valence-electron chi connectivity index (χ2n) is 6.35. The maximum Gasteiger partial charge on any atom is 0.246 e. The van der Waals surface area contributed by atoms with Gasteiger partial charge in [0.1, 0.15) is 5.54 Å². The molecule has 0 aromatic carbocycles. The number of rotatable bonds is 3. The predicted molar refractivity (Wildman–Crippen MR) is 71.6 cm³/mol. The molecule has 5 nitrogen and oxygen atoms in total. The second-order valence-corrected chi connectivity index (χ2v) is 6.35. The van der Waals surface area contributed by atoms with Gasteiger partial charge < -0.3 is 15.0 Å². The molecule has 2 heterocycles. The molecule has 2 unspecified atom stereocenters. The molecule has 0 aromatic heterocycles. The van der Waals surface area contributed by atoms with E-state index in [1.165, 1.54) is 0 Å². The van der Waals surface area contributed by atoms with E-state index in [0.717, 1.165) is 12.8 Å². The first kappa shape index (κ1) is 14.3. The zero-order valence-electron chi connectivity index (χ0n) is 12.3. The van der Waals surface area contributed by atoms with Gasteiger partial charge in [0.15, 0.2) is 0 Å². The fraction of sp³-hybridized carbons (Fsp3) is 0.857. The van der Waals surface area contributed by atoms with Crippen molar-refractivity contribution in [2.45, 2.75) is 64.2 Å². The molecule has 19 heavy (non-hydrogen) atoms. The van der Waals surface area contributed by atoms with Crippen molar-refractivity contribution in [3.63, 3.8) is 0 Å². The number of carbonyl (C=O) groups is 2. The summed E-state index contributed by atoms with van der Waals surface area (Å²) >= 11 is 0. The van der Waals surface area contributed by atoms with Crippen molar-refractivity contribution in [2.24, 2.45) is 0 Å². The van der Waals surface area contributed by atoms with E-state index in [1.54, 1.807) is 4.90 Å². The van der Waals surface area contributed by atoms with Crippen molar-refractivity contribution in [3.05, 3.63) is 0 Å². The van der Waals surface area contributed by atoms with Crippen LogP contribution < -0.4 is 5.32 Å². The van der Waals surface area contributed by atoms with E-state index in [4.69, 9.17) is 4.74 Å². The van der Waals surface area contributed by atoms with Crippen LogP contribution in [0.25, 0.3) is 0 Å². The van der Waals surface area contributed by atoms with E-state index in [2.05, 4.69) is 19.2 Å². The highest BCUT2D eigenvalue weighted by Crippen LogP contribution is 2.32. The zero-order chi connectivity index (χ0) is 14.3. The quantitative estimate of drug-likeness (QED) is 0.833. The number of hydrogen-bond acceptors (Lipinski definition) is 3. The van der Waals surface area contributed by atoms with Crippen LogP contribution in [-0.4, -0.2) is 47.0 Å². The van der Waals surface area contributed by atoms with Crippen LogP contribution in [0.15, 0.2) is 0 Å². The molecule has 2 aliphatic rings. The number of ether oxygens (including phenoxy) is 1. The summed E-state index contributed by atoms with van der Waals surface area (Å²) in [6, 6.07) is 0. The molecular weight excluding hydrogens is 244 g/mol. The van der Waals surface area contributed by atoms with Crippen molar-refractivity contribution < 1.29 is 14.3 Å². The minimum Gasteiger partial charge on any atom is -0.371 e. The molecule has 2 saturated heterocycles. The van der Waals surface area contributed by atoms with Crippen LogP contribution >= 0.6 is 0 Å². The normalized spacial score (nSPS) is 34.5. The van der Waals surface area contributed by atoms with Crippen LogP contribution in [0.1, 0.15) is 47.0 Å². The fourth-order valence-corrected chi connectivity index (χ4v) is 2.90. The molecular formula is C14H24N2O3. The van der Waals surface area contributed by atoms with Gasteiger partial charge in [-0.3, -0.25) is 9.59 Å². The summed E-state index contributed by atoms with van der Waals surface area (Å²) in [6.07, 6.45) is 2.59. The highest BCUT2D eigenvalue weighted by Gasteiger charge is 2.46. The van der Waals surface area contributed by atoms with Gasteiger partial charge in [-0.05, 0) is 40.0 Å². The summed E-state index contributed by atoms with van der Waals surface area (Å²) < 4.78 is 5.95. The van der Waals surface area contributed by atoms with E-state index in [1.807, 2.05) is 13.8 Å². The summed E-state index contributed by atoms with van der Waals surface area (Å²) in [5.74, 6) is -0.0795. The lowest BCUT2D eigenvalue weighted by Crippen LogP contribution is -2.66. The van der Waals surface area contributed by atoms with Crippen molar-refractivity contribution in [1.29, 1.82) is 0 Å². The molecule has 0 radical (unpaired) electrons. The molecule has 2 fully saturated rings. The number of nitrogens with zero attached hydrogens (tertiary/aromatic N) is 1. The maximum absolute atomic E-state index is 12.1. The molecule has 2 atom stereocenters. The number of carbonyl (C=O) groups excluding carboxylic acids is 2. The SMILES string of the molecule is CCC1(C)C(=O)NCC(=O)N1CC1CCC(C)(C)O1. The summed E-state index contributed by atoms with van der Waals surface area (Å²) in [6.45, 7) is 8.52. The van der Waals surface area contributed by atoms with Crippen molar-refractivity contribution >= 4 is 11.8 Å². The smallest absolute Gasteiger partial charge is 0.246 e. The van der Waals surface area contributed by atoms with Crippen LogP contribution in [0.5, 0.6) is 0 Å². The number of piperazine rings is 1. The van der Waals surface area contributed by atoms with Gasteiger partial charge in [-0.25, -0.2) is 0 Å². The molecule has 0 aliphatic carbocycles. The van der Waals surface area contributed by atoms with Crippen molar-refractivity contribution in [3.8, 4) is 0 Å². The van der Waals surface area contributed by atoms with Gasteiger partial charge in [0.2, 0.25) is 11.8 Å². The van der Waals surface area contributed by atoms with E-state index < -0.39 is 5.54 Å². The zero-order valence-corrected chi connectivity index (χ0v) is 12.3. The van der Waals surface area contributed by atoms with E-state index in [0.29, 0.717) is 13.0 Å². The summed E-state index contributed by atoms with van der Waals surface area (Å²) in [5, 5.41) is 2.67. The Balaban J connectivity index is 2.12. The molecule has 2 rings (SSSR count). The molecule has 0 bridgehead atoms. The molecule has 2 amide bonds. The Bertz CT molecular complexity index is 394. The van der Waals surface area contributed by atoms with Gasteiger partial charge in [-0.1, -0.05) is 6.92 Å². The lowest BCUT2D eigenvalue weighted by molar-refractivity contribution is -0.156. The second kappa shape index (κ2) is 4.78. The molecule has 0 aromatic rings. The molecule has 0 saturated carbocycles. The van der Waals surface area contributed by atoms with Gasteiger partial charge in [-0.2, -0.15) is 0 Å². The van der Waals surface area contributed by atoms with E-state index in [-0.39, 0.29) is 30.1 Å². The minimum atomic E-state index is -0.745. The average molecular weight is 268 g/mol. The molecule has 1 N–H and O–H groups in total. The van der Waals surface area contributed by atoms with Crippen LogP contribution in [0.2, 0.25) is 0 Å². The standard InChI is InChI=1S/C14H24N2O3/c1-5-14(4)12(18)15-8-11(17)16(14)9-10-6-7-13(2,3)19-10/h10H,5-9H2,1-4H3,(H,15,18). The summed E-state index contributed by atoms with van der Waals surface area (Å²) in [5.41, 5.74) is -0.861. The largest absolute Gasteiger partial charge is 0.371 e. The topological polar surface area (TPSA) is 58.6 Å². The van der Waals surface area contributed by atoms with Gasteiger partial charge in [-0.15, -0.1) is 0 Å². The Hall–Kier alpha value is -1.10. The molecule has 5 heteroatoms. The number of amides is 2. The van der Waals surface area contributed by atoms with E-state index >= 15 is 0 Å². The lowest BCUT2D eigenvalue weighted by atomic mass is 9.92. The first-order valence-corrected chi connectivity index (χ1v) is 7.05. The minimum absolute atomic E-state index is 0.0164. The monoisotopic (exact) mass is 268 g/mol. The van der Waals surface area contributed by atoms with E-state index in [9.17, 15) is 9.59 Å². The first-order chi connectivity index (χ1) is 8.78. The third-order valence-corrected chi connectivity index (χ3v) is 4.41. The van der Waals surface area contributed by atoms with Crippen LogP contribution in [0, 0.1) is 0 Å². The Morgan fingerprint density at radius 3 is 2.58 bits per heavy atom. The Morgan fingerprint density at radius 1 is 1.37 bits per heavy atom. The van der Waals surface area contributed by atoms with Gasteiger partial charge in [0, 0.05) is 6.54 Å². The highest BCUT2D eigenvalue weighted by atomic mass is 16.5. The maximum atomic E-state index is 12.1. The Labute approximate surface area is 114 Å². The predicted octanol–water partition coefficient (Wildman–Crippen LogP) is 1.07. The average Bonchev–Trinajstić information content (AvgIpc) is 2.69. The third kappa shape index (κ3) is 2.61. The highest BCUT2D eigenvalue weighted by molar-refractivity contribution is 5.97. The van der Waals surface area contributed by atoms with Crippen LogP contribution in [-0.2, 0) is 14.3 Å². The van der Waals surface area contributed by atoms with Crippen molar-refractivity contribution in [2.75, 3.05) is 13.1 Å². The van der Waals surface area contributed by atoms with Gasteiger partial charge in [0.05, 0.1) is 18.2 Å². The van der Waals surface area contributed by atoms with Gasteiger partial charge >= 0.3 is 0 Å². The summed E-state index contributed by atoms with van der Waals surface area (Å²) in [4.78, 5) is 25.9. The third-order valence-electron chi connectivity index (χ3n) is 4.41. The Morgan fingerprint density at radius 2 is 2.05 bits per heavy atom.